The lowest BCUT2D eigenvalue weighted by Gasteiger charge is -2.07. The number of halogens is 1. The third-order valence-electron chi connectivity index (χ3n) is 4.15. The lowest BCUT2D eigenvalue weighted by atomic mass is 10.0. The summed E-state index contributed by atoms with van der Waals surface area (Å²) < 4.78 is 7.02. The van der Waals surface area contributed by atoms with Crippen LogP contribution in [0.2, 0.25) is 0 Å². The molecule has 24 heavy (non-hydrogen) atoms. The largest absolute Gasteiger partial charge is 0.455 e. The van der Waals surface area contributed by atoms with Crippen LogP contribution in [0.5, 0.6) is 0 Å². The first-order valence-corrected chi connectivity index (χ1v) is 8.54. The summed E-state index contributed by atoms with van der Waals surface area (Å²) in [5.41, 5.74) is 4.50. The molecule has 0 aliphatic carbocycles. The predicted molar refractivity (Wildman–Crippen MR) is 103 cm³/mol. The van der Waals surface area contributed by atoms with Gasteiger partial charge in [0, 0.05) is 20.8 Å². The highest BCUT2D eigenvalue weighted by molar-refractivity contribution is 9.10. The third kappa shape index (κ3) is 2.56. The molecule has 2 nitrogen and oxygen atoms in total. The second-order valence-corrected chi connectivity index (χ2v) is 6.48. The molecule has 0 saturated heterocycles. The van der Waals surface area contributed by atoms with E-state index < -0.39 is 0 Å². The topological polar surface area (TPSA) is 33.4 Å². The van der Waals surface area contributed by atoms with E-state index in [2.05, 4.69) is 28.1 Å². The van der Waals surface area contributed by atoms with E-state index in [9.17, 15) is 5.11 Å². The van der Waals surface area contributed by atoms with E-state index in [0.717, 1.165) is 43.1 Å². The van der Waals surface area contributed by atoms with Gasteiger partial charge >= 0.3 is 0 Å². The SMILES string of the molecule is OC/C(=C\c1cccc2c1oc1ccccc12)c1ccccc1Br. The van der Waals surface area contributed by atoms with E-state index in [-0.39, 0.29) is 6.61 Å². The lowest BCUT2D eigenvalue weighted by Crippen LogP contribution is -1.92. The van der Waals surface area contributed by atoms with Crippen molar-refractivity contribution in [3.05, 3.63) is 82.3 Å². The van der Waals surface area contributed by atoms with Gasteiger partial charge in [0.15, 0.2) is 0 Å². The molecule has 0 bridgehead atoms. The standard InChI is InChI=1S/C21H15BrO2/c22-19-10-3-1-7-16(19)15(13-23)12-14-6-5-9-18-17-8-2-4-11-20(17)24-21(14)18/h1-12,23H,13H2/b15-12+. The van der Waals surface area contributed by atoms with Crippen LogP contribution < -0.4 is 0 Å². The number of fused-ring (bicyclic) bond motifs is 3. The molecule has 0 saturated carbocycles. The number of benzene rings is 3. The van der Waals surface area contributed by atoms with E-state index in [0.29, 0.717) is 0 Å². The maximum atomic E-state index is 9.86. The van der Waals surface area contributed by atoms with Crippen LogP contribution in [0.15, 0.2) is 75.6 Å². The lowest BCUT2D eigenvalue weighted by molar-refractivity contribution is 0.350. The van der Waals surface area contributed by atoms with Gasteiger partial charge in [0.2, 0.25) is 0 Å². The number of hydrogen-bond donors (Lipinski definition) is 1. The zero-order chi connectivity index (χ0) is 16.5. The van der Waals surface area contributed by atoms with Crippen LogP contribution in [0.25, 0.3) is 33.6 Å². The third-order valence-corrected chi connectivity index (χ3v) is 4.85. The van der Waals surface area contributed by atoms with E-state index in [1.807, 2.05) is 60.7 Å². The van der Waals surface area contributed by atoms with Crippen molar-refractivity contribution in [2.24, 2.45) is 0 Å². The van der Waals surface area contributed by atoms with Crippen LogP contribution in [-0.4, -0.2) is 11.7 Å². The Balaban J connectivity index is 1.94. The summed E-state index contributed by atoms with van der Waals surface area (Å²) in [5.74, 6) is 0. The first-order valence-electron chi connectivity index (χ1n) is 7.74. The summed E-state index contributed by atoms with van der Waals surface area (Å²) in [6, 6.07) is 22.0. The molecule has 0 spiro atoms. The van der Waals surface area contributed by atoms with E-state index in [4.69, 9.17) is 4.42 Å². The van der Waals surface area contributed by atoms with E-state index in [1.54, 1.807) is 0 Å². The van der Waals surface area contributed by atoms with Crippen LogP contribution in [0, 0.1) is 0 Å². The van der Waals surface area contributed by atoms with Crippen molar-refractivity contribution >= 4 is 49.5 Å². The minimum absolute atomic E-state index is 0.0424. The Hall–Kier alpha value is -2.36. The molecule has 0 amide bonds. The van der Waals surface area contributed by atoms with Gasteiger partial charge < -0.3 is 9.52 Å². The van der Waals surface area contributed by atoms with Crippen molar-refractivity contribution in [3.8, 4) is 0 Å². The Morgan fingerprint density at radius 3 is 2.50 bits per heavy atom. The van der Waals surface area contributed by atoms with Gasteiger partial charge in [-0.25, -0.2) is 0 Å². The van der Waals surface area contributed by atoms with Gasteiger partial charge in [-0.2, -0.15) is 0 Å². The number of aliphatic hydroxyl groups excluding tert-OH is 1. The maximum absolute atomic E-state index is 9.86. The maximum Gasteiger partial charge on any atom is 0.142 e. The quantitative estimate of drug-likeness (QED) is 0.451. The average Bonchev–Trinajstić information content (AvgIpc) is 3.00. The van der Waals surface area contributed by atoms with Crippen LogP contribution in [-0.2, 0) is 0 Å². The van der Waals surface area contributed by atoms with Gasteiger partial charge in [0.25, 0.3) is 0 Å². The van der Waals surface area contributed by atoms with Crippen LogP contribution >= 0.6 is 15.9 Å². The Morgan fingerprint density at radius 2 is 1.67 bits per heavy atom. The molecule has 3 aromatic carbocycles. The first-order chi connectivity index (χ1) is 11.8. The van der Waals surface area contributed by atoms with Gasteiger partial charge in [-0.1, -0.05) is 70.5 Å². The first kappa shape index (κ1) is 15.2. The number of furan rings is 1. The average molecular weight is 379 g/mol. The second kappa shape index (κ2) is 6.27. The van der Waals surface area contributed by atoms with Crippen LogP contribution in [0.1, 0.15) is 11.1 Å². The molecular weight excluding hydrogens is 364 g/mol. The summed E-state index contributed by atoms with van der Waals surface area (Å²) in [6.45, 7) is -0.0424. The molecule has 1 N–H and O–H groups in total. The normalized spacial score (nSPS) is 12.2. The fourth-order valence-electron chi connectivity index (χ4n) is 3.00. The van der Waals surface area contributed by atoms with Gasteiger partial charge in [-0.3, -0.25) is 0 Å². The molecule has 3 heteroatoms. The molecule has 118 valence electrons. The summed E-state index contributed by atoms with van der Waals surface area (Å²) >= 11 is 3.55. The van der Waals surface area contributed by atoms with Crippen molar-refractivity contribution in [1.82, 2.24) is 0 Å². The Labute approximate surface area is 148 Å². The summed E-state index contributed by atoms with van der Waals surface area (Å²) in [5, 5.41) is 12.0. The van der Waals surface area contributed by atoms with Crippen LogP contribution in [0.3, 0.4) is 0 Å². The predicted octanol–water partition coefficient (Wildman–Crippen LogP) is 5.88. The summed E-state index contributed by atoms with van der Waals surface area (Å²) in [4.78, 5) is 0. The van der Waals surface area contributed by atoms with Gasteiger partial charge in [-0.05, 0) is 29.3 Å². The van der Waals surface area contributed by atoms with Crippen LogP contribution in [0.4, 0.5) is 0 Å². The molecule has 4 aromatic rings. The highest BCUT2D eigenvalue weighted by Gasteiger charge is 2.11. The number of aliphatic hydroxyl groups is 1. The molecule has 0 aliphatic rings. The zero-order valence-electron chi connectivity index (χ0n) is 12.9. The number of para-hydroxylation sites is 2. The fraction of sp³-hybridized carbons (Fsp3) is 0.0476. The molecule has 1 heterocycles. The molecule has 0 unspecified atom stereocenters. The highest BCUT2D eigenvalue weighted by atomic mass is 79.9. The summed E-state index contributed by atoms with van der Waals surface area (Å²) in [6.07, 6.45) is 1.99. The van der Waals surface area contributed by atoms with Crippen molar-refractivity contribution in [2.45, 2.75) is 0 Å². The Kier molecular flexibility index (Phi) is 3.97. The fourth-order valence-corrected chi connectivity index (χ4v) is 3.54. The smallest absolute Gasteiger partial charge is 0.142 e. The van der Waals surface area contributed by atoms with Crippen molar-refractivity contribution in [2.75, 3.05) is 6.61 Å². The Morgan fingerprint density at radius 1 is 0.917 bits per heavy atom. The molecule has 0 atom stereocenters. The van der Waals surface area contributed by atoms with Crippen molar-refractivity contribution in [1.29, 1.82) is 0 Å². The number of hydrogen-bond acceptors (Lipinski definition) is 2. The van der Waals surface area contributed by atoms with Crippen molar-refractivity contribution in [3.63, 3.8) is 0 Å². The van der Waals surface area contributed by atoms with E-state index >= 15 is 0 Å². The van der Waals surface area contributed by atoms with Gasteiger partial charge in [-0.15, -0.1) is 0 Å². The molecule has 0 aliphatic heterocycles. The molecule has 0 radical (unpaired) electrons. The number of rotatable bonds is 3. The minimum atomic E-state index is -0.0424. The van der Waals surface area contributed by atoms with Gasteiger partial charge in [0.05, 0.1) is 6.61 Å². The monoisotopic (exact) mass is 378 g/mol. The van der Waals surface area contributed by atoms with E-state index in [1.165, 1.54) is 0 Å². The second-order valence-electron chi connectivity index (χ2n) is 5.63. The molecular formula is C21H15BrO2. The zero-order valence-corrected chi connectivity index (χ0v) is 14.5. The minimum Gasteiger partial charge on any atom is -0.455 e. The van der Waals surface area contributed by atoms with Crippen molar-refractivity contribution < 1.29 is 9.52 Å². The summed E-state index contributed by atoms with van der Waals surface area (Å²) in [7, 11) is 0. The van der Waals surface area contributed by atoms with Gasteiger partial charge in [0.1, 0.15) is 11.2 Å². The molecule has 4 rings (SSSR count). The highest BCUT2D eigenvalue weighted by Crippen LogP contribution is 2.33. The molecule has 0 fully saturated rings. The Bertz CT molecular complexity index is 1060. The molecule has 1 aromatic heterocycles.